The van der Waals surface area contributed by atoms with Crippen LogP contribution in [-0.2, 0) is 14.8 Å². The van der Waals surface area contributed by atoms with Crippen molar-refractivity contribution in [3.8, 4) is 0 Å². The highest BCUT2D eigenvalue weighted by Crippen LogP contribution is 2.31. The van der Waals surface area contributed by atoms with E-state index >= 15 is 0 Å². The predicted molar refractivity (Wildman–Crippen MR) is 103 cm³/mol. The van der Waals surface area contributed by atoms with Gasteiger partial charge in [0.25, 0.3) is 10.0 Å². The monoisotopic (exact) mass is 400 g/mol. The Balaban J connectivity index is 0.00000243. The highest BCUT2D eigenvalue weighted by Gasteiger charge is 2.38. The number of hydrogen-bond donors (Lipinski definition) is 2. The van der Waals surface area contributed by atoms with Crippen LogP contribution < -0.4 is 10.6 Å². The van der Waals surface area contributed by atoms with E-state index in [1.807, 2.05) is 4.90 Å². The number of carbonyl (C=O) groups is 1. The lowest BCUT2D eigenvalue weighted by molar-refractivity contribution is -0.124. The van der Waals surface area contributed by atoms with Gasteiger partial charge >= 0.3 is 0 Å². The molecular weight excluding hydrogens is 376 g/mol. The maximum absolute atomic E-state index is 12.5. The molecule has 0 bridgehead atoms. The van der Waals surface area contributed by atoms with Crippen molar-refractivity contribution in [2.24, 2.45) is 4.40 Å². The van der Waals surface area contributed by atoms with E-state index in [1.54, 1.807) is 24.3 Å². The standard InChI is InChI=1S/C17H24N4O3S.ClH/c1-2-9-18-10-11-19-17(22)14-7-5-12-21(14)16-13-6-3-4-8-15(13)25(23,24)20-16;/h3-4,6,8,14,18H,2,5,7,9-12H2,1H3,(H,19,22);1H. The van der Waals surface area contributed by atoms with E-state index in [9.17, 15) is 13.2 Å². The topological polar surface area (TPSA) is 90.9 Å². The number of carbonyl (C=O) groups excluding carboxylic acids is 1. The molecule has 1 atom stereocenters. The average molecular weight is 401 g/mol. The van der Waals surface area contributed by atoms with Gasteiger partial charge < -0.3 is 15.5 Å². The fourth-order valence-electron chi connectivity index (χ4n) is 3.28. The molecule has 0 aromatic heterocycles. The number of halogens is 1. The number of fused-ring (bicyclic) bond motifs is 1. The zero-order valence-electron chi connectivity index (χ0n) is 14.8. The minimum Gasteiger partial charge on any atom is -0.353 e. The molecule has 2 heterocycles. The van der Waals surface area contributed by atoms with Crippen LogP contribution in [0.15, 0.2) is 33.6 Å². The molecule has 1 fully saturated rings. The molecule has 0 radical (unpaired) electrons. The van der Waals surface area contributed by atoms with Crippen molar-refractivity contribution >= 4 is 34.2 Å². The lowest BCUT2D eigenvalue weighted by Crippen LogP contribution is -2.47. The highest BCUT2D eigenvalue weighted by molar-refractivity contribution is 7.90. The van der Waals surface area contributed by atoms with E-state index in [0.29, 0.717) is 30.9 Å². The van der Waals surface area contributed by atoms with Crippen LogP contribution in [0, 0.1) is 0 Å². The van der Waals surface area contributed by atoms with Crippen molar-refractivity contribution in [2.45, 2.75) is 37.1 Å². The largest absolute Gasteiger partial charge is 0.353 e. The van der Waals surface area contributed by atoms with Gasteiger partial charge in [0.1, 0.15) is 10.9 Å². The molecule has 1 aromatic carbocycles. The van der Waals surface area contributed by atoms with Crippen molar-refractivity contribution in [1.29, 1.82) is 0 Å². The van der Waals surface area contributed by atoms with Crippen LogP contribution in [0.4, 0.5) is 0 Å². The molecule has 0 aliphatic carbocycles. The molecule has 26 heavy (non-hydrogen) atoms. The summed E-state index contributed by atoms with van der Waals surface area (Å²) < 4.78 is 28.4. The van der Waals surface area contributed by atoms with E-state index < -0.39 is 10.0 Å². The molecule has 1 amide bonds. The number of nitrogens with one attached hydrogen (secondary N) is 2. The first-order chi connectivity index (χ1) is 12.0. The Labute approximate surface area is 160 Å². The van der Waals surface area contributed by atoms with E-state index in [2.05, 4.69) is 22.0 Å². The van der Waals surface area contributed by atoms with Crippen molar-refractivity contribution in [1.82, 2.24) is 15.5 Å². The molecule has 1 unspecified atom stereocenters. The van der Waals surface area contributed by atoms with Crippen molar-refractivity contribution in [3.63, 3.8) is 0 Å². The summed E-state index contributed by atoms with van der Waals surface area (Å²) in [6.45, 7) is 4.94. The normalized spacial score (nSPS) is 20.3. The summed E-state index contributed by atoms with van der Waals surface area (Å²) >= 11 is 0. The number of amides is 1. The van der Waals surface area contributed by atoms with Gasteiger partial charge in [-0.25, -0.2) is 0 Å². The van der Waals surface area contributed by atoms with Gasteiger partial charge in [-0.15, -0.1) is 16.8 Å². The number of nitrogens with zero attached hydrogens (tertiary/aromatic N) is 2. The van der Waals surface area contributed by atoms with Gasteiger partial charge in [0.2, 0.25) is 5.91 Å². The van der Waals surface area contributed by atoms with Gasteiger partial charge in [-0.05, 0) is 37.9 Å². The summed E-state index contributed by atoms with van der Waals surface area (Å²) in [5.41, 5.74) is 0.590. The van der Waals surface area contributed by atoms with Crippen LogP contribution in [0.3, 0.4) is 0 Å². The Hall–Kier alpha value is -1.64. The summed E-state index contributed by atoms with van der Waals surface area (Å²) in [4.78, 5) is 14.6. The minimum absolute atomic E-state index is 0. The van der Waals surface area contributed by atoms with Gasteiger partial charge in [0, 0.05) is 25.2 Å². The molecule has 2 aliphatic rings. The second-order valence-corrected chi connectivity index (χ2v) is 7.85. The zero-order valence-corrected chi connectivity index (χ0v) is 16.4. The molecule has 2 N–H and O–H groups in total. The van der Waals surface area contributed by atoms with Crippen molar-refractivity contribution in [2.75, 3.05) is 26.2 Å². The van der Waals surface area contributed by atoms with Gasteiger partial charge in [-0.2, -0.15) is 8.42 Å². The smallest absolute Gasteiger partial charge is 0.285 e. The number of rotatable bonds is 6. The number of benzene rings is 1. The van der Waals surface area contributed by atoms with Crippen molar-refractivity contribution < 1.29 is 13.2 Å². The third-order valence-corrected chi connectivity index (χ3v) is 5.79. The number of sulfonamides is 1. The van der Waals surface area contributed by atoms with Gasteiger partial charge in [0.15, 0.2) is 5.84 Å². The molecule has 1 saturated heterocycles. The van der Waals surface area contributed by atoms with Crippen molar-refractivity contribution in [3.05, 3.63) is 29.8 Å². The Morgan fingerprint density at radius 3 is 2.81 bits per heavy atom. The second kappa shape index (κ2) is 8.83. The lowest BCUT2D eigenvalue weighted by atomic mass is 10.1. The van der Waals surface area contributed by atoms with E-state index in [4.69, 9.17) is 0 Å². The molecule has 144 valence electrons. The van der Waals surface area contributed by atoms with Gasteiger partial charge in [0.05, 0.1) is 0 Å². The third kappa shape index (κ3) is 4.19. The average Bonchev–Trinajstić information content (AvgIpc) is 3.18. The molecular formula is C17H25ClN4O3S. The van der Waals surface area contributed by atoms with Gasteiger partial charge in [-0.3, -0.25) is 4.79 Å². The van der Waals surface area contributed by atoms with Crippen LogP contribution in [0.2, 0.25) is 0 Å². The summed E-state index contributed by atoms with van der Waals surface area (Å²) in [5.74, 6) is 0.331. The molecule has 3 rings (SSSR count). The Morgan fingerprint density at radius 2 is 2.04 bits per heavy atom. The summed E-state index contributed by atoms with van der Waals surface area (Å²) in [5, 5.41) is 6.17. The maximum Gasteiger partial charge on any atom is 0.285 e. The quantitative estimate of drug-likeness (QED) is 0.699. The summed E-state index contributed by atoms with van der Waals surface area (Å²) in [7, 11) is -3.66. The molecule has 7 nitrogen and oxygen atoms in total. The number of likely N-dealkylation sites (tertiary alicyclic amines) is 1. The SMILES string of the molecule is CCCNCCNC(=O)C1CCCN1C1=NS(=O)(=O)c2ccccc21.Cl. The molecule has 2 aliphatic heterocycles. The van der Waals surface area contributed by atoms with Crippen LogP contribution in [-0.4, -0.2) is 57.3 Å². The number of amidine groups is 1. The summed E-state index contributed by atoms with van der Waals surface area (Å²) in [6, 6.07) is 6.42. The maximum atomic E-state index is 12.5. The lowest BCUT2D eigenvalue weighted by Gasteiger charge is -2.25. The second-order valence-electron chi connectivity index (χ2n) is 6.28. The Morgan fingerprint density at radius 1 is 1.27 bits per heavy atom. The molecule has 0 saturated carbocycles. The fourth-order valence-corrected chi connectivity index (χ4v) is 4.50. The van der Waals surface area contributed by atoms with E-state index in [1.165, 1.54) is 0 Å². The van der Waals surface area contributed by atoms with Crippen LogP contribution in [0.5, 0.6) is 0 Å². The minimum atomic E-state index is -3.66. The molecule has 0 spiro atoms. The predicted octanol–water partition coefficient (Wildman–Crippen LogP) is 1.14. The van der Waals surface area contributed by atoms with E-state index in [-0.39, 0.29) is 29.3 Å². The Kier molecular flexibility index (Phi) is 7.02. The molecule has 1 aromatic rings. The first-order valence-electron chi connectivity index (χ1n) is 8.74. The number of hydrogen-bond acceptors (Lipinski definition) is 5. The molecule has 9 heteroatoms. The first kappa shape index (κ1) is 20.7. The Bertz CT molecular complexity index is 782. The van der Waals surface area contributed by atoms with Crippen LogP contribution >= 0.6 is 12.4 Å². The van der Waals surface area contributed by atoms with Crippen LogP contribution in [0.1, 0.15) is 31.7 Å². The van der Waals surface area contributed by atoms with Crippen LogP contribution in [0.25, 0.3) is 0 Å². The summed E-state index contributed by atoms with van der Waals surface area (Å²) in [6.07, 6.45) is 2.60. The first-order valence-corrected chi connectivity index (χ1v) is 10.2. The zero-order chi connectivity index (χ0) is 17.9. The van der Waals surface area contributed by atoms with E-state index in [0.717, 1.165) is 25.9 Å². The third-order valence-electron chi connectivity index (χ3n) is 4.47. The van der Waals surface area contributed by atoms with Gasteiger partial charge in [-0.1, -0.05) is 19.1 Å². The highest BCUT2D eigenvalue weighted by atomic mass is 35.5. The fraction of sp³-hybridized carbons (Fsp3) is 0.529.